The summed E-state index contributed by atoms with van der Waals surface area (Å²) in [7, 11) is 0. The largest absolute Gasteiger partial charge is 0.352 e. The molecule has 1 aromatic carbocycles. The van der Waals surface area contributed by atoms with Crippen LogP contribution in [0, 0.1) is 12.8 Å². The van der Waals surface area contributed by atoms with Crippen LogP contribution in [0.25, 0.3) is 0 Å². The van der Waals surface area contributed by atoms with Crippen LogP contribution >= 0.6 is 24.2 Å². The Morgan fingerprint density at radius 3 is 2.70 bits per heavy atom. The van der Waals surface area contributed by atoms with Gasteiger partial charge >= 0.3 is 0 Å². The Bertz CT molecular complexity index is 424. The number of hydrogen-bond acceptors (Lipinski definition) is 3. The first-order chi connectivity index (χ1) is 9.19. The van der Waals surface area contributed by atoms with Crippen molar-refractivity contribution in [2.24, 2.45) is 11.7 Å². The van der Waals surface area contributed by atoms with Gasteiger partial charge in [0.1, 0.15) is 0 Å². The third kappa shape index (κ3) is 5.00. The average molecular weight is 315 g/mol. The highest BCUT2D eigenvalue weighted by Crippen LogP contribution is 2.25. The summed E-state index contributed by atoms with van der Waals surface area (Å²) in [4.78, 5) is 13.1. The molecule has 2 rings (SSSR count). The van der Waals surface area contributed by atoms with Gasteiger partial charge in [-0.15, -0.1) is 24.2 Å². The van der Waals surface area contributed by atoms with Gasteiger partial charge in [-0.1, -0.05) is 24.1 Å². The summed E-state index contributed by atoms with van der Waals surface area (Å²) in [6.45, 7) is 2.74. The summed E-state index contributed by atoms with van der Waals surface area (Å²) in [5, 5.41) is 3.12. The summed E-state index contributed by atoms with van der Waals surface area (Å²) < 4.78 is 0. The van der Waals surface area contributed by atoms with E-state index in [2.05, 4.69) is 36.5 Å². The quantitative estimate of drug-likeness (QED) is 0.822. The van der Waals surface area contributed by atoms with Gasteiger partial charge in [-0.25, -0.2) is 0 Å². The Kier molecular flexibility index (Phi) is 7.41. The minimum Gasteiger partial charge on any atom is -0.352 e. The first-order valence-corrected chi connectivity index (χ1v) is 7.86. The molecule has 5 heteroatoms. The Morgan fingerprint density at radius 2 is 2.05 bits per heavy atom. The molecule has 0 aromatic heterocycles. The summed E-state index contributed by atoms with van der Waals surface area (Å²) >= 11 is 1.59. The van der Waals surface area contributed by atoms with Crippen LogP contribution in [-0.2, 0) is 4.79 Å². The SMILES string of the molecule is Cc1ccc(SCC(=O)NC2CCCC2CN)cc1.Cl. The van der Waals surface area contributed by atoms with Crippen molar-refractivity contribution >= 4 is 30.1 Å². The van der Waals surface area contributed by atoms with E-state index in [9.17, 15) is 4.79 Å². The van der Waals surface area contributed by atoms with Crippen molar-refractivity contribution in [3.05, 3.63) is 29.8 Å². The standard InChI is InChI=1S/C15H22N2OS.ClH/c1-11-5-7-13(8-6-11)19-10-15(18)17-14-4-2-3-12(14)9-16;/h5-8,12,14H,2-4,9-10,16H2,1H3,(H,17,18);1H. The predicted octanol–water partition coefficient (Wildman–Crippen LogP) is 2.75. The number of hydrogen-bond donors (Lipinski definition) is 2. The lowest BCUT2D eigenvalue weighted by molar-refractivity contribution is -0.119. The lowest BCUT2D eigenvalue weighted by Gasteiger charge is -2.19. The van der Waals surface area contributed by atoms with Crippen molar-refractivity contribution in [3.8, 4) is 0 Å². The van der Waals surface area contributed by atoms with Crippen molar-refractivity contribution in [1.82, 2.24) is 5.32 Å². The Balaban J connectivity index is 0.00000200. The van der Waals surface area contributed by atoms with E-state index < -0.39 is 0 Å². The molecule has 1 amide bonds. The second kappa shape index (κ2) is 8.55. The average Bonchev–Trinajstić information content (AvgIpc) is 2.85. The molecule has 1 aliphatic rings. The maximum Gasteiger partial charge on any atom is 0.230 e. The monoisotopic (exact) mass is 314 g/mol. The molecule has 0 radical (unpaired) electrons. The second-order valence-electron chi connectivity index (χ2n) is 5.20. The highest BCUT2D eigenvalue weighted by atomic mass is 35.5. The number of nitrogens with two attached hydrogens (primary N) is 1. The van der Waals surface area contributed by atoms with E-state index in [-0.39, 0.29) is 24.4 Å². The first-order valence-electron chi connectivity index (χ1n) is 6.88. The Hall–Kier alpha value is -0.710. The molecule has 2 atom stereocenters. The lowest BCUT2D eigenvalue weighted by atomic mass is 10.0. The van der Waals surface area contributed by atoms with Crippen LogP contribution in [0.1, 0.15) is 24.8 Å². The zero-order valence-electron chi connectivity index (χ0n) is 11.8. The van der Waals surface area contributed by atoms with Crippen LogP contribution in [-0.4, -0.2) is 24.2 Å². The number of amides is 1. The fourth-order valence-corrected chi connectivity index (χ4v) is 3.25. The van der Waals surface area contributed by atoms with Gasteiger partial charge in [0.2, 0.25) is 5.91 Å². The predicted molar refractivity (Wildman–Crippen MR) is 87.5 cm³/mol. The maximum atomic E-state index is 11.9. The molecule has 1 aliphatic carbocycles. The molecular formula is C15H23ClN2OS. The molecule has 0 aliphatic heterocycles. The fraction of sp³-hybridized carbons (Fsp3) is 0.533. The third-order valence-corrected chi connectivity index (χ3v) is 4.71. The number of thioether (sulfide) groups is 1. The topological polar surface area (TPSA) is 55.1 Å². The number of carbonyl (C=O) groups is 1. The maximum absolute atomic E-state index is 11.9. The zero-order chi connectivity index (χ0) is 13.7. The van der Waals surface area contributed by atoms with E-state index in [4.69, 9.17) is 5.73 Å². The highest BCUT2D eigenvalue weighted by Gasteiger charge is 2.27. The van der Waals surface area contributed by atoms with Gasteiger partial charge in [0.15, 0.2) is 0 Å². The number of rotatable bonds is 5. The summed E-state index contributed by atoms with van der Waals surface area (Å²) in [5.74, 6) is 1.07. The van der Waals surface area contributed by atoms with Crippen molar-refractivity contribution in [2.45, 2.75) is 37.1 Å². The summed E-state index contributed by atoms with van der Waals surface area (Å²) in [6, 6.07) is 8.55. The Morgan fingerprint density at radius 1 is 1.35 bits per heavy atom. The molecular weight excluding hydrogens is 292 g/mol. The molecule has 0 heterocycles. The van der Waals surface area contributed by atoms with E-state index >= 15 is 0 Å². The molecule has 1 fully saturated rings. The fourth-order valence-electron chi connectivity index (χ4n) is 2.54. The molecule has 20 heavy (non-hydrogen) atoms. The zero-order valence-corrected chi connectivity index (χ0v) is 13.4. The third-order valence-electron chi connectivity index (χ3n) is 3.70. The number of benzene rings is 1. The van der Waals surface area contributed by atoms with Gasteiger partial charge in [-0.2, -0.15) is 0 Å². The molecule has 0 saturated heterocycles. The van der Waals surface area contributed by atoms with Crippen molar-refractivity contribution in [2.75, 3.05) is 12.3 Å². The van der Waals surface area contributed by atoms with Crippen LogP contribution in [0.5, 0.6) is 0 Å². The molecule has 112 valence electrons. The van der Waals surface area contributed by atoms with Gasteiger partial charge < -0.3 is 11.1 Å². The smallest absolute Gasteiger partial charge is 0.230 e. The van der Waals surface area contributed by atoms with E-state index in [0.29, 0.717) is 18.2 Å². The normalized spacial score (nSPS) is 21.3. The summed E-state index contributed by atoms with van der Waals surface area (Å²) in [6.07, 6.45) is 3.40. The van der Waals surface area contributed by atoms with Crippen LogP contribution in [0.3, 0.4) is 0 Å². The van der Waals surface area contributed by atoms with Gasteiger partial charge in [0, 0.05) is 10.9 Å². The van der Waals surface area contributed by atoms with Crippen LogP contribution in [0.4, 0.5) is 0 Å². The van der Waals surface area contributed by atoms with E-state index in [1.807, 2.05) is 0 Å². The lowest BCUT2D eigenvalue weighted by Crippen LogP contribution is -2.40. The number of carbonyl (C=O) groups excluding carboxylic acids is 1. The van der Waals surface area contributed by atoms with E-state index in [1.165, 1.54) is 12.0 Å². The number of nitrogens with one attached hydrogen (secondary N) is 1. The number of aryl methyl sites for hydroxylation is 1. The number of halogens is 1. The first kappa shape index (κ1) is 17.3. The minimum atomic E-state index is 0. The molecule has 1 aromatic rings. The molecule has 0 bridgehead atoms. The molecule has 3 N–H and O–H groups in total. The van der Waals surface area contributed by atoms with E-state index in [0.717, 1.165) is 17.7 Å². The summed E-state index contributed by atoms with van der Waals surface area (Å²) in [5.41, 5.74) is 6.96. The van der Waals surface area contributed by atoms with Crippen LogP contribution in [0.2, 0.25) is 0 Å². The second-order valence-corrected chi connectivity index (χ2v) is 6.25. The van der Waals surface area contributed by atoms with Gasteiger partial charge in [0.25, 0.3) is 0 Å². The van der Waals surface area contributed by atoms with Crippen molar-refractivity contribution in [3.63, 3.8) is 0 Å². The van der Waals surface area contributed by atoms with Crippen LogP contribution in [0.15, 0.2) is 29.2 Å². The minimum absolute atomic E-state index is 0. The van der Waals surface area contributed by atoms with Gasteiger partial charge in [-0.3, -0.25) is 4.79 Å². The molecule has 3 nitrogen and oxygen atoms in total. The van der Waals surface area contributed by atoms with Gasteiger partial charge in [-0.05, 0) is 44.4 Å². The van der Waals surface area contributed by atoms with E-state index in [1.54, 1.807) is 11.8 Å². The molecule has 1 saturated carbocycles. The van der Waals surface area contributed by atoms with Crippen molar-refractivity contribution in [1.29, 1.82) is 0 Å². The van der Waals surface area contributed by atoms with Gasteiger partial charge in [0.05, 0.1) is 5.75 Å². The van der Waals surface area contributed by atoms with Crippen molar-refractivity contribution < 1.29 is 4.79 Å². The highest BCUT2D eigenvalue weighted by molar-refractivity contribution is 8.00. The van der Waals surface area contributed by atoms with Crippen LogP contribution < -0.4 is 11.1 Å². The Labute approximate surface area is 131 Å². The molecule has 0 spiro atoms. The molecule has 2 unspecified atom stereocenters.